The lowest BCUT2D eigenvalue weighted by Gasteiger charge is -2.08. The highest BCUT2D eigenvalue weighted by Gasteiger charge is 2.13. The Labute approximate surface area is 149 Å². The quantitative estimate of drug-likeness (QED) is 0.426. The Balaban J connectivity index is 2.19. The summed E-state index contributed by atoms with van der Waals surface area (Å²) in [4.78, 5) is 22.0. The van der Waals surface area contributed by atoms with E-state index in [0.29, 0.717) is 5.69 Å². The molecule has 2 rings (SSSR count). The van der Waals surface area contributed by atoms with Crippen molar-refractivity contribution in [1.29, 1.82) is 0 Å². The highest BCUT2D eigenvalue weighted by atomic mass is 79.9. The SMILES string of the molecule is O=C(/C=C/c1cc([N+](=O)[O-])ccc1OC(F)F)Nc1ccc(Br)cc1. The van der Waals surface area contributed by atoms with Gasteiger partial charge in [-0.1, -0.05) is 15.9 Å². The number of nitro groups is 1. The molecule has 25 heavy (non-hydrogen) atoms. The van der Waals surface area contributed by atoms with Crippen LogP contribution >= 0.6 is 15.9 Å². The Morgan fingerprint density at radius 3 is 2.52 bits per heavy atom. The fraction of sp³-hybridized carbons (Fsp3) is 0.0625. The third kappa shape index (κ3) is 5.64. The van der Waals surface area contributed by atoms with Crippen molar-refractivity contribution in [3.05, 3.63) is 68.7 Å². The second kappa shape index (κ2) is 8.34. The molecule has 130 valence electrons. The lowest BCUT2D eigenvalue weighted by Crippen LogP contribution is -2.08. The van der Waals surface area contributed by atoms with E-state index in [2.05, 4.69) is 26.0 Å². The summed E-state index contributed by atoms with van der Waals surface area (Å²) in [6, 6.07) is 9.92. The van der Waals surface area contributed by atoms with Crippen LogP contribution in [0.4, 0.5) is 20.2 Å². The molecule has 6 nitrogen and oxygen atoms in total. The van der Waals surface area contributed by atoms with E-state index in [-0.39, 0.29) is 17.0 Å². The number of carbonyl (C=O) groups is 1. The molecule has 0 saturated heterocycles. The third-order valence-electron chi connectivity index (χ3n) is 2.95. The van der Waals surface area contributed by atoms with Crippen molar-refractivity contribution in [2.24, 2.45) is 0 Å². The number of rotatable bonds is 6. The molecular formula is C16H11BrF2N2O4. The number of carbonyl (C=O) groups excluding carboxylic acids is 1. The molecule has 0 aliphatic rings. The van der Waals surface area contributed by atoms with E-state index >= 15 is 0 Å². The third-order valence-corrected chi connectivity index (χ3v) is 3.47. The highest BCUT2D eigenvalue weighted by Crippen LogP contribution is 2.27. The van der Waals surface area contributed by atoms with Gasteiger partial charge in [-0.2, -0.15) is 8.78 Å². The Bertz CT molecular complexity index is 810. The fourth-order valence-corrected chi connectivity index (χ4v) is 2.13. The van der Waals surface area contributed by atoms with E-state index in [4.69, 9.17) is 0 Å². The maximum Gasteiger partial charge on any atom is 0.387 e. The largest absolute Gasteiger partial charge is 0.434 e. The maximum absolute atomic E-state index is 12.4. The van der Waals surface area contributed by atoms with E-state index in [0.717, 1.165) is 28.7 Å². The second-order valence-electron chi connectivity index (χ2n) is 4.69. The Kier molecular flexibility index (Phi) is 6.18. The average Bonchev–Trinajstić information content (AvgIpc) is 2.55. The van der Waals surface area contributed by atoms with Crippen LogP contribution in [-0.4, -0.2) is 17.4 Å². The summed E-state index contributed by atoms with van der Waals surface area (Å²) < 4.78 is 30.0. The summed E-state index contributed by atoms with van der Waals surface area (Å²) in [5, 5.41) is 13.4. The van der Waals surface area contributed by atoms with Crippen LogP contribution in [0.2, 0.25) is 0 Å². The predicted octanol–water partition coefficient (Wildman–Crippen LogP) is 4.61. The lowest BCUT2D eigenvalue weighted by atomic mass is 10.1. The predicted molar refractivity (Wildman–Crippen MR) is 91.5 cm³/mol. The number of hydrogen-bond donors (Lipinski definition) is 1. The van der Waals surface area contributed by atoms with Crippen LogP contribution in [0.5, 0.6) is 5.75 Å². The molecule has 0 unspecified atom stereocenters. The summed E-state index contributed by atoms with van der Waals surface area (Å²) in [6.07, 6.45) is 2.23. The maximum atomic E-state index is 12.4. The van der Waals surface area contributed by atoms with Gasteiger partial charge >= 0.3 is 6.61 Å². The molecule has 0 atom stereocenters. The molecule has 0 aliphatic carbocycles. The molecule has 2 aromatic carbocycles. The van der Waals surface area contributed by atoms with E-state index in [1.54, 1.807) is 24.3 Å². The van der Waals surface area contributed by atoms with Gasteiger partial charge in [0.15, 0.2) is 0 Å². The van der Waals surface area contributed by atoms with Crippen LogP contribution in [0.15, 0.2) is 53.0 Å². The highest BCUT2D eigenvalue weighted by molar-refractivity contribution is 9.10. The molecule has 0 fully saturated rings. The average molecular weight is 413 g/mol. The summed E-state index contributed by atoms with van der Waals surface area (Å²) in [7, 11) is 0. The number of nitrogens with one attached hydrogen (secondary N) is 1. The zero-order valence-electron chi connectivity index (χ0n) is 12.5. The van der Waals surface area contributed by atoms with Crippen molar-refractivity contribution in [2.45, 2.75) is 6.61 Å². The van der Waals surface area contributed by atoms with Crippen LogP contribution in [0.25, 0.3) is 6.08 Å². The molecule has 9 heteroatoms. The van der Waals surface area contributed by atoms with Crippen LogP contribution in [0, 0.1) is 10.1 Å². The Hall–Kier alpha value is -2.81. The fourth-order valence-electron chi connectivity index (χ4n) is 1.87. The van der Waals surface area contributed by atoms with Crippen molar-refractivity contribution in [2.75, 3.05) is 5.32 Å². The summed E-state index contributed by atoms with van der Waals surface area (Å²) in [6.45, 7) is -3.09. The Morgan fingerprint density at radius 2 is 1.92 bits per heavy atom. The number of nitrogens with zero attached hydrogens (tertiary/aromatic N) is 1. The molecule has 0 aliphatic heterocycles. The van der Waals surface area contributed by atoms with Gasteiger partial charge in [-0.3, -0.25) is 14.9 Å². The first-order valence-corrected chi connectivity index (χ1v) is 7.62. The summed E-state index contributed by atoms with van der Waals surface area (Å²) in [5.74, 6) is -0.801. The molecule has 1 N–H and O–H groups in total. The molecule has 1 amide bonds. The van der Waals surface area contributed by atoms with Gasteiger partial charge in [0.1, 0.15) is 5.75 Å². The van der Waals surface area contributed by atoms with Gasteiger partial charge in [0.25, 0.3) is 5.69 Å². The molecule has 0 heterocycles. The first-order chi connectivity index (χ1) is 11.8. The number of halogens is 3. The number of non-ortho nitro benzene ring substituents is 1. The second-order valence-corrected chi connectivity index (χ2v) is 5.60. The van der Waals surface area contributed by atoms with E-state index < -0.39 is 17.4 Å². The molecular weight excluding hydrogens is 402 g/mol. The summed E-state index contributed by atoms with van der Waals surface area (Å²) in [5.41, 5.74) is 0.205. The monoisotopic (exact) mass is 412 g/mol. The molecule has 0 radical (unpaired) electrons. The number of amides is 1. The van der Waals surface area contributed by atoms with Crippen LogP contribution in [0.1, 0.15) is 5.56 Å². The molecule has 0 aromatic heterocycles. The van der Waals surface area contributed by atoms with Crippen molar-refractivity contribution >= 4 is 39.3 Å². The van der Waals surface area contributed by atoms with Gasteiger partial charge in [-0.15, -0.1) is 0 Å². The van der Waals surface area contributed by atoms with E-state index in [9.17, 15) is 23.7 Å². The van der Waals surface area contributed by atoms with Gasteiger partial charge in [0, 0.05) is 33.9 Å². The van der Waals surface area contributed by atoms with Gasteiger partial charge in [0.2, 0.25) is 5.91 Å². The Morgan fingerprint density at radius 1 is 1.24 bits per heavy atom. The number of ether oxygens (including phenoxy) is 1. The standard InChI is InChI=1S/C16H11BrF2N2O4/c17-11-2-4-12(5-3-11)20-15(22)8-1-10-9-13(21(23)24)6-7-14(10)25-16(18)19/h1-9,16H,(H,20,22)/b8-1+. The zero-order valence-corrected chi connectivity index (χ0v) is 14.1. The first-order valence-electron chi connectivity index (χ1n) is 6.83. The smallest absolute Gasteiger partial charge is 0.387 e. The van der Waals surface area contributed by atoms with Crippen LogP contribution in [0.3, 0.4) is 0 Å². The molecule has 0 saturated carbocycles. The number of nitro benzene ring substituents is 1. The van der Waals surface area contributed by atoms with Crippen LogP contribution in [-0.2, 0) is 4.79 Å². The van der Waals surface area contributed by atoms with Crippen molar-refractivity contribution in [1.82, 2.24) is 0 Å². The molecule has 2 aromatic rings. The molecule has 0 bridgehead atoms. The number of alkyl halides is 2. The number of hydrogen-bond acceptors (Lipinski definition) is 4. The first kappa shape index (κ1) is 18.5. The van der Waals surface area contributed by atoms with Crippen LogP contribution < -0.4 is 10.1 Å². The zero-order chi connectivity index (χ0) is 18.4. The number of benzene rings is 2. The van der Waals surface area contributed by atoms with E-state index in [1.807, 2.05) is 0 Å². The van der Waals surface area contributed by atoms with Gasteiger partial charge in [0.05, 0.1) is 4.92 Å². The minimum atomic E-state index is -3.09. The van der Waals surface area contributed by atoms with E-state index in [1.165, 1.54) is 6.08 Å². The van der Waals surface area contributed by atoms with Gasteiger partial charge < -0.3 is 10.1 Å². The minimum absolute atomic E-state index is 0.0135. The summed E-state index contributed by atoms with van der Waals surface area (Å²) >= 11 is 3.26. The normalized spacial score (nSPS) is 10.9. The molecule has 0 spiro atoms. The minimum Gasteiger partial charge on any atom is -0.434 e. The lowest BCUT2D eigenvalue weighted by molar-refractivity contribution is -0.384. The van der Waals surface area contributed by atoms with Gasteiger partial charge in [-0.25, -0.2) is 0 Å². The number of anilines is 1. The van der Waals surface area contributed by atoms with Crippen molar-refractivity contribution < 1.29 is 23.2 Å². The topological polar surface area (TPSA) is 81.5 Å². The van der Waals surface area contributed by atoms with Gasteiger partial charge in [-0.05, 0) is 36.4 Å². The van der Waals surface area contributed by atoms with Crippen molar-refractivity contribution in [3.63, 3.8) is 0 Å². The van der Waals surface area contributed by atoms with Crippen molar-refractivity contribution in [3.8, 4) is 5.75 Å².